The second kappa shape index (κ2) is 9.45. The number of methoxy groups -OCH3 is 1. The van der Waals surface area contributed by atoms with Crippen LogP contribution in [0, 0.1) is 0 Å². The molecular weight excluding hydrogens is 270 g/mol. The monoisotopic (exact) mass is 297 g/mol. The van der Waals surface area contributed by atoms with Crippen molar-refractivity contribution in [1.82, 2.24) is 15.2 Å². The number of nitrogens with zero attached hydrogens (tertiary/aromatic N) is 2. The number of rotatable bonds is 8. The number of nitrogens with one attached hydrogen (secondary N) is 1. The molecule has 0 amide bonds. The molecular formula is C15H27N3OS. The molecule has 20 heavy (non-hydrogen) atoms. The van der Waals surface area contributed by atoms with E-state index in [0.717, 1.165) is 31.8 Å². The van der Waals surface area contributed by atoms with Gasteiger partial charge >= 0.3 is 0 Å². The first-order valence-electron chi connectivity index (χ1n) is 7.74. The van der Waals surface area contributed by atoms with Crippen molar-refractivity contribution in [3.05, 3.63) is 16.1 Å². The summed E-state index contributed by atoms with van der Waals surface area (Å²) in [5.41, 5.74) is 1.16. The minimum Gasteiger partial charge on any atom is -0.383 e. The van der Waals surface area contributed by atoms with E-state index in [0.29, 0.717) is 0 Å². The molecule has 2 heterocycles. The number of thiazole rings is 1. The Morgan fingerprint density at radius 2 is 2.10 bits per heavy atom. The molecule has 1 aliphatic rings. The van der Waals surface area contributed by atoms with Gasteiger partial charge in [-0.3, -0.25) is 0 Å². The highest BCUT2D eigenvalue weighted by Crippen LogP contribution is 2.13. The third-order valence-corrected chi connectivity index (χ3v) is 4.69. The van der Waals surface area contributed by atoms with E-state index in [1.165, 1.54) is 50.3 Å². The summed E-state index contributed by atoms with van der Waals surface area (Å²) in [7, 11) is 1.73. The summed E-state index contributed by atoms with van der Waals surface area (Å²) in [4.78, 5) is 7.31. The Morgan fingerprint density at radius 1 is 1.30 bits per heavy atom. The molecule has 114 valence electrons. The summed E-state index contributed by atoms with van der Waals surface area (Å²) < 4.78 is 5.02. The van der Waals surface area contributed by atoms with Crippen LogP contribution in [0.2, 0.25) is 0 Å². The molecule has 5 heteroatoms. The molecule has 0 unspecified atom stereocenters. The van der Waals surface area contributed by atoms with E-state index in [9.17, 15) is 0 Å². The number of ether oxygens (including phenoxy) is 1. The van der Waals surface area contributed by atoms with Crippen molar-refractivity contribution in [2.24, 2.45) is 0 Å². The maximum atomic E-state index is 5.02. The summed E-state index contributed by atoms with van der Waals surface area (Å²) in [5.74, 6) is 0. The van der Waals surface area contributed by atoms with Gasteiger partial charge in [-0.15, -0.1) is 11.3 Å². The normalized spacial score (nSPS) is 17.2. The molecule has 2 rings (SSSR count). The fraction of sp³-hybridized carbons (Fsp3) is 0.800. The molecule has 0 bridgehead atoms. The third-order valence-electron chi connectivity index (χ3n) is 3.73. The molecule has 0 saturated carbocycles. The van der Waals surface area contributed by atoms with Gasteiger partial charge < -0.3 is 15.0 Å². The fourth-order valence-electron chi connectivity index (χ4n) is 2.55. The van der Waals surface area contributed by atoms with Crippen molar-refractivity contribution in [3.8, 4) is 0 Å². The lowest BCUT2D eigenvalue weighted by atomic mass is 10.2. The van der Waals surface area contributed by atoms with Gasteiger partial charge in [-0.05, 0) is 25.9 Å². The average Bonchev–Trinajstić information content (AvgIpc) is 2.75. The molecule has 0 radical (unpaired) electrons. The fourth-order valence-corrected chi connectivity index (χ4v) is 3.34. The first-order valence-corrected chi connectivity index (χ1v) is 8.62. The Labute approximate surface area is 126 Å². The van der Waals surface area contributed by atoms with E-state index >= 15 is 0 Å². The van der Waals surface area contributed by atoms with Gasteiger partial charge in [-0.25, -0.2) is 4.98 Å². The topological polar surface area (TPSA) is 37.4 Å². The Kier molecular flexibility index (Phi) is 7.51. The van der Waals surface area contributed by atoms with E-state index < -0.39 is 0 Å². The molecule has 1 N–H and O–H groups in total. The van der Waals surface area contributed by atoms with E-state index in [4.69, 9.17) is 9.72 Å². The average molecular weight is 297 g/mol. The number of likely N-dealkylation sites (tertiary alicyclic amines) is 1. The first kappa shape index (κ1) is 15.9. The lowest BCUT2D eigenvalue weighted by Gasteiger charge is -2.18. The second-order valence-electron chi connectivity index (χ2n) is 5.41. The van der Waals surface area contributed by atoms with Crippen molar-refractivity contribution in [2.75, 3.05) is 39.9 Å². The predicted molar refractivity (Wildman–Crippen MR) is 84.3 cm³/mol. The standard InChI is InChI=1S/C15H27N3OS/c1-19-11-7-16-12-14-13-20-15(17-14)6-10-18-8-4-2-3-5-9-18/h13,16H,2-12H2,1H3. The van der Waals surface area contributed by atoms with Gasteiger partial charge in [0.1, 0.15) is 0 Å². The predicted octanol–water partition coefficient (Wildman–Crippen LogP) is 2.30. The molecule has 1 aromatic heterocycles. The molecule has 0 aliphatic carbocycles. The van der Waals surface area contributed by atoms with Crippen molar-refractivity contribution < 1.29 is 4.74 Å². The van der Waals surface area contributed by atoms with Crippen LogP contribution in [0.3, 0.4) is 0 Å². The third kappa shape index (κ3) is 5.87. The Morgan fingerprint density at radius 3 is 2.85 bits per heavy atom. The van der Waals surface area contributed by atoms with Gasteiger partial charge in [0.15, 0.2) is 0 Å². The largest absolute Gasteiger partial charge is 0.383 e. The van der Waals surface area contributed by atoms with E-state index in [2.05, 4.69) is 15.6 Å². The molecule has 1 fully saturated rings. The van der Waals surface area contributed by atoms with Crippen LogP contribution in [0.25, 0.3) is 0 Å². The zero-order chi connectivity index (χ0) is 14.0. The first-order chi connectivity index (χ1) is 9.88. The van der Waals surface area contributed by atoms with Gasteiger partial charge in [0.25, 0.3) is 0 Å². The minimum absolute atomic E-state index is 0.756. The van der Waals surface area contributed by atoms with Crippen LogP contribution >= 0.6 is 11.3 Å². The zero-order valence-corrected chi connectivity index (χ0v) is 13.4. The zero-order valence-electron chi connectivity index (χ0n) is 12.6. The van der Waals surface area contributed by atoms with Crippen molar-refractivity contribution in [1.29, 1.82) is 0 Å². The Hall–Kier alpha value is -0.490. The molecule has 4 nitrogen and oxygen atoms in total. The Bertz CT molecular complexity index is 362. The van der Waals surface area contributed by atoms with Crippen LogP contribution in [0.4, 0.5) is 0 Å². The lowest BCUT2D eigenvalue weighted by molar-refractivity contribution is 0.199. The van der Waals surface area contributed by atoms with Crippen molar-refractivity contribution in [3.63, 3.8) is 0 Å². The van der Waals surface area contributed by atoms with Crippen molar-refractivity contribution in [2.45, 2.75) is 38.6 Å². The summed E-state index contributed by atoms with van der Waals surface area (Å²) in [6.45, 7) is 6.21. The van der Waals surface area contributed by atoms with Crippen LogP contribution < -0.4 is 5.32 Å². The molecule has 1 aliphatic heterocycles. The number of hydrogen-bond acceptors (Lipinski definition) is 5. The van der Waals surface area contributed by atoms with E-state index in [-0.39, 0.29) is 0 Å². The molecule has 0 spiro atoms. The van der Waals surface area contributed by atoms with Gasteiger partial charge in [-0.2, -0.15) is 0 Å². The summed E-state index contributed by atoms with van der Waals surface area (Å²) in [6.07, 6.45) is 6.65. The van der Waals surface area contributed by atoms with Gasteiger partial charge in [0.2, 0.25) is 0 Å². The summed E-state index contributed by atoms with van der Waals surface area (Å²) in [5, 5.41) is 6.79. The molecule has 0 aromatic carbocycles. The van der Waals surface area contributed by atoms with Crippen LogP contribution in [0.1, 0.15) is 36.4 Å². The van der Waals surface area contributed by atoms with Crippen LogP contribution in [0.15, 0.2) is 5.38 Å². The molecule has 1 aromatic rings. The van der Waals surface area contributed by atoms with Gasteiger partial charge in [-0.1, -0.05) is 12.8 Å². The maximum Gasteiger partial charge on any atom is 0.0941 e. The van der Waals surface area contributed by atoms with Gasteiger partial charge in [0.05, 0.1) is 17.3 Å². The number of hydrogen-bond donors (Lipinski definition) is 1. The van der Waals surface area contributed by atoms with E-state index in [1.54, 1.807) is 18.4 Å². The lowest BCUT2D eigenvalue weighted by Crippen LogP contribution is -2.26. The van der Waals surface area contributed by atoms with Crippen LogP contribution in [-0.4, -0.2) is 49.8 Å². The Balaban J connectivity index is 1.66. The van der Waals surface area contributed by atoms with E-state index in [1.807, 2.05) is 0 Å². The summed E-state index contributed by atoms with van der Waals surface area (Å²) in [6, 6.07) is 0. The highest BCUT2D eigenvalue weighted by Gasteiger charge is 2.10. The highest BCUT2D eigenvalue weighted by atomic mass is 32.1. The quantitative estimate of drug-likeness (QED) is 0.747. The maximum absolute atomic E-state index is 5.02. The summed E-state index contributed by atoms with van der Waals surface area (Å²) >= 11 is 1.80. The highest BCUT2D eigenvalue weighted by molar-refractivity contribution is 7.09. The number of aromatic nitrogens is 1. The molecule has 1 saturated heterocycles. The molecule has 0 atom stereocenters. The van der Waals surface area contributed by atoms with Crippen LogP contribution in [0.5, 0.6) is 0 Å². The van der Waals surface area contributed by atoms with Gasteiger partial charge in [0, 0.05) is 38.5 Å². The SMILES string of the molecule is COCCNCc1csc(CCN2CCCCCC2)n1. The second-order valence-corrected chi connectivity index (χ2v) is 6.35. The van der Waals surface area contributed by atoms with Crippen LogP contribution in [-0.2, 0) is 17.7 Å². The van der Waals surface area contributed by atoms with Crippen molar-refractivity contribution >= 4 is 11.3 Å². The minimum atomic E-state index is 0.756. The smallest absolute Gasteiger partial charge is 0.0941 e.